The van der Waals surface area contributed by atoms with Gasteiger partial charge in [-0.15, -0.1) is 0 Å². The van der Waals surface area contributed by atoms with E-state index in [2.05, 4.69) is 5.32 Å². The predicted molar refractivity (Wildman–Crippen MR) is 140 cm³/mol. The molecule has 9 nitrogen and oxygen atoms in total. The first-order valence-electron chi connectivity index (χ1n) is 13.0. The van der Waals surface area contributed by atoms with Crippen molar-refractivity contribution >= 4 is 11.8 Å². The fourth-order valence-electron chi connectivity index (χ4n) is 5.23. The van der Waals surface area contributed by atoms with Crippen molar-refractivity contribution in [2.24, 2.45) is 5.92 Å². The SMILES string of the molecule is COc1cc(CO)cc2c1O[C@@H]1[C@@H](O)[C@H](N(Cc3ccc(F)cc3)C(=O)CC(C)C)C=C(C(=O)NCCO)[C@H]21. The van der Waals surface area contributed by atoms with Gasteiger partial charge in [0.15, 0.2) is 11.5 Å². The Morgan fingerprint density at radius 3 is 2.49 bits per heavy atom. The molecule has 0 fully saturated rings. The smallest absolute Gasteiger partial charge is 0.247 e. The van der Waals surface area contributed by atoms with Gasteiger partial charge in [0.1, 0.15) is 18.0 Å². The third-order valence-corrected chi connectivity index (χ3v) is 7.02. The number of hydrogen-bond donors (Lipinski definition) is 4. The highest BCUT2D eigenvalue weighted by molar-refractivity contribution is 5.96. The zero-order chi connectivity index (χ0) is 28.3. The molecule has 1 aliphatic heterocycles. The van der Waals surface area contributed by atoms with Crippen LogP contribution in [-0.2, 0) is 22.7 Å². The number of rotatable bonds is 10. The van der Waals surface area contributed by atoms with E-state index in [1.54, 1.807) is 30.3 Å². The second-order valence-corrected chi connectivity index (χ2v) is 10.3. The Morgan fingerprint density at radius 2 is 1.87 bits per heavy atom. The largest absolute Gasteiger partial charge is 0.493 e. The molecule has 0 aromatic heterocycles. The zero-order valence-corrected chi connectivity index (χ0v) is 22.3. The zero-order valence-electron chi connectivity index (χ0n) is 22.3. The first-order valence-corrected chi connectivity index (χ1v) is 13.0. The molecule has 4 atom stereocenters. The van der Waals surface area contributed by atoms with Gasteiger partial charge in [0.25, 0.3) is 0 Å². The van der Waals surface area contributed by atoms with Crippen LogP contribution in [0.4, 0.5) is 4.39 Å². The van der Waals surface area contributed by atoms with Crippen LogP contribution in [0.5, 0.6) is 11.5 Å². The molecule has 0 radical (unpaired) electrons. The van der Waals surface area contributed by atoms with Gasteiger partial charge < -0.3 is 35.0 Å². The van der Waals surface area contributed by atoms with E-state index in [4.69, 9.17) is 9.47 Å². The Bertz CT molecular complexity index is 1230. The number of hydrogen-bond acceptors (Lipinski definition) is 7. The highest BCUT2D eigenvalue weighted by Crippen LogP contribution is 2.51. The molecular weight excluding hydrogens is 507 g/mol. The number of amides is 2. The minimum absolute atomic E-state index is 0.0140. The lowest BCUT2D eigenvalue weighted by Gasteiger charge is -2.41. The van der Waals surface area contributed by atoms with Gasteiger partial charge in [-0.2, -0.15) is 0 Å². The Labute approximate surface area is 226 Å². The van der Waals surface area contributed by atoms with Gasteiger partial charge in [-0.1, -0.05) is 26.0 Å². The Morgan fingerprint density at radius 1 is 1.15 bits per heavy atom. The fourth-order valence-corrected chi connectivity index (χ4v) is 5.23. The van der Waals surface area contributed by atoms with Crippen molar-refractivity contribution in [2.45, 2.75) is 57.6 Å². The molecule has 4 rings (SSSR count). The van der Waals surface area contributed by atoms with Crippen molar-refractivity contribution in [3.63, 3.8) is 0 Å². The van der Waals surface area contributed by atoms with E-state index in [1.165, 1.54) is 24.1 Å². The Balaban J connectivity index is 1.81. The van der Waals surface area contributed by atoms with Crippen LogP contribution >= 0.6 is 0 Å². The number of benzene rings is 2. The molecule has 4 N–H and O–H groups in total. The number of nitrogens with one attached hydrogen (secondary N) is 1. The summed E-state index contributed by atoms with van der Waals surface area (Å²) in [6.07, 6.45) is -0.379. The average Bonchev–Trinajstić information content (AvgIpc) is 3.31. The minimum atomic E-state index is -1.23. The minimum Gasteiger partial charge on any atom is -0.493 e. The average molecular weight is 543 g/mol. The number of aliphatic hydroxyl groups is 3. The first kappa shape index (κ1) is 28.5. The van der Waals surface area contributed by atoms with Crippen molar-refractivity contribution in [2.75, 3.05) is 20.3 Å². The molecule has 2 aromatic carbocycles. The van der Waals surface area contributed by atoms with Crippen LogP contribution in [0.3, 0.4) is 0 Å². The second kappa shape index (κ2) is 12.1. The van der Waals surface area contributed by atoms with E-state index in [0.717, 1.165) is 0 Å². The van der Waals surface area contributed by atoms with Gasteiger partial charge in [0.2, 0.25) is 11.8 Å². The highest BCUT2D eigenvalue weighted by atomic mass is 19.1. The van der Waals surface area contributed by atoms with Crippen LogP contribution in [0.25, 0.3) is 0 Å². The molecule has 2 aliphatic rings. The van der Waals surface area contributed by atoms with Gasteiger partial charge >= 0.3 is 0 Å². The molecule has 39 heavy (non-hydrogen) atoms. The van der Waals surface area contributed by atoms with E-state index in [9.17, 15) is 29.3 Å². The van der Waals surface area contributed by atoms with Crippen LogP contribution in [0.15, 0.2) is 48.0 Å². The molecule has 10 heteroatoms. The van der Waals surface area contributed by atoms with Crippen LogP contribution in [0.2, 0.25) is 0 Å². The molecular formula is C29H35FN2O7. The quantitative estimate of drug-likeness (QED) is 0.362. The first-order chi connectivity index (χ1) is 18.7. The van der Waals surface area contributed by atoms with Gasteiger partial charge in [0.05, 0.1) is 32.3 Å². The van der Waals surface area contributed by atoms with E-state index in [0.29, 0.717) is 28.2 Å². The van der Waals surface area contributed by atoms with Crippen molar-refractivity contribution in [3.05, 3.63) is 70.6 Å². The number of ether oxygens (including phenoxy) is 2. The normalized spacial score (nSPS) is 21.5. The monoisotopic (exact) mass is 542 g/mol. The van der Waals surface area contributed by atoms with E-state index >= 15 is 0 Å². The number of methoxy groups -OCH3 is 1. The van der Waals surface area contributed by atoms with E-state index in [-0.39, 0.29) is 50.1 Å². The molecule has 0 spiro atoms. The molecule has 0 saturated heterocycles. The summed E-state index contributed by atoms with van der Waals surface area (Å²) in [6.45, 7) is 3.38. The van der Waals surface area contributed by atoms with Gasteiger partial charge in [0, 0.05) is 30.6 Å². The van der Waals surface area contributed by atoms with Crippen LogP contribution in [-0.4, -0.2) is 70.5 Å². The third-order valence-electron chi connectivity index (χ3n) is 7.02. The van der Waals surface area contributed by atoms with Crippen molar-refractivity contribution in [1.29, 1.82) is 0 Å². The number of fused-ring (bicyclic) bond motifs is 3. The summed E-state index contributed by atoms with van der Waals surface area (Å²) < 4.78 is 25.3. The molecule has 2 aromatic rings. The maximum absolute atomic E-state index is 13.6. The highest BCUT2D eigenvalue weighted by Gasteiger charge is 2.51. The number of carbonyl (C=O) groups excluding carboxylic acids is 2. The number of nitrogens with zero attached hydrogens (tertiary/aromatic N) is 1. The third kappa shape index (κ3) is 5.93. The molecule has 2 amide bonds. The summed E-state index contributed by atoms with van der Waals surface area (Å²) in [6, 6.07) is 8.16. The van der Waals surface area contributed by atoms with E-state index in [1.807, 2.05) is 13.8 Å². The molecule has 210 valence electrons. The summed E-state index contributed by atoms with van der Waals surface area (Å²) in [5.41, 5.74) is 2.05. The lowest BCUT2D eigenvalue weighted by Crippen LogP contribution is -2.55. The lowest BCUT2D eigenvalue weighted by atomic mass is 9.77. The van der Waals surface area contributed by atoms with Gasteiger partial charge in [-0.25, -0.2) is 4.39 Å². The Hall–Kier alpha value is -3.47. The number of aliphatic hydroxyl groups excluding tert-OH is 3. The van der Waals surface area contributed by atoms with E-state index < -0.39 is 35.9 Å². The summed E-state index contributed by atoms with van der Waals surface area (Å²) >= 11 is 0. The molecule has 0 bridgehead atoms. The lowest BCUT2D eigenvalue weighted by molar-refractivity contribution is -0.138. The maximum atomic E-state index is 13.6. The molecule has 0 unspecified atom stereocenters. The number of halogens is 1. The van der Waals surface area contributed by atoms with Gasteiger partial charge in [-0.05, 0) is 47.4 Å². The summed E-state index contributed by atoms with van der Waals surface area (Å²) in [7, 11) is 1.46. The van der Waals surface area contributed by atoms with Crippen LogP contribution in [0.1, 0.15) is 42.9 Å². The van der Waals surface area contributed by atoms with Crippen LogP contribution < -0.4 is 14.8 Å². The summed E-state index contributed by atoms with van der Waals surface area (Å²) in [5, 5.41) is 33.4. The standard InChI is InChI=1S/C29H35FN2O7/c1-16(2)10-24(35)32(14-17-4-6-19(30)7-5-17)22-13-21(29(37)31-8-9-33)25-20-11-18(15-34)12-23(38-3)27(20)39-28(25)26(22)36/h4-7,11-13,16,22,25-26,28,33-34,36H,8-10,14-15H2,1-3H3,(H,31,37)/t22-,25+,26+,28+/m1/s1. The van der Waals surface area contributed by atoms with Crippen molar-refractivity contribution < 1.29 is 38.8 Å². The summed E-state index contributed by atoms with van der Waals surface area (Å²) in [4.78, 5) is 28.4. The predicted octanol–water partition coefficient (Wildman–Crippen LogP) is 2.02. The maximum Gasteiger partial charge on any atom is 0.247 e. The second-order valence-electron chi connectivity index (χ2n) is 10.3. The van der Waals surface area contributed by atoms with Crippen LogP contribution in [0, 0.1) is 11.7 Å². The topological polar surface area (TPSA) is 129 Å². The Kier molecular flexibility index (Phi) is 8.89. The van der Waals surface area contributed by atoms with Gasteiger partial charge in [-0.3, -0.25) is 9.59 Å². The molecule has 0 saturated carbocycles. The van der Waals surface area contributed by atoms with Crippen molar-refractivity contribution in [1.82, 2.24) is 10.2 Å². The fraction of sp³-hybridized carbons (Fsp3) is 0.448. The molecule has 1 aliphatic carbocycles. The van der Waals surface area contributed by atoms with Crippen molar-refractivity contribution in [3.8, 4) is 11.5 Å². The summed E-state index contributed by atoms with van der Waals surface area (Å²) in [5.74, 6) is -1.09. The number of carbonyl (C=O) groups is 2. The molecule has 1 heterocycles.